The number of hydrogen-bond donors (Lipinski definition) is 3. The van der Waals surface area contributed by atoms with Gasteiger partial charge in [-0.15, -0.1) is 0 Å². The highest BCUT2D eigenvalue weighted by Gasteiger charge is 2.28. The second-order valence-corrected chi connectivity index (χ2v) is 16.8. The van der Waals surface area contributed by atoms with Gasteiger partial charge in [-0.05, 0) is 57.8 Å². The summed E-state index contributed by atoms with van der Waals surface area (Å²) in [6.07, 6.45) is 45.6. The smallest absolute Gasteiger partial charge is 0.391 e. The molecule has 308 valence electrons. The van der Waals surface area contributed by atoms with Gasteiger partial charge in [-0.2, -0.15) is 0 Å². The minimum absolute atomic E-state index is 0.0699. The molecule has 1 amide bonds. The van der Waals surface area contributed by atoms with Gasteiger partial charge in [-0.1, -0.05) is 158 Å². The Bertz CT molecular complexity index is 1050. The van der Waals surface area contributed by atoms with Gasteiger partial charge < -0.3 is 19.8 Å². The van der Waals surface area contributed by atoms with E-state index in [2.05, 4.69) is 79.9 Å². The molecule has 0 heterocycles. The molecule has 0 rings (SSSR count). The van der Waals surface area contributed by atoms with Crippen molar-refractivity contribution in [3.8, 4) is 0 Å². The number of carbonyl (C=O) groups excluding carboxylic acids is 1. The lowest BCUT2D eigenvalue weighted by Crippen LogP contribution is -2.46. The summed E-state index contributed by atoms with van der Waals surface area (Å²) in [5.74, 6) is -0.160. The molecule has 0 aliphatic rings. The molecule has 9 heteroatoms. The summed E-state index contributed by atoms with van der Waals surface area (Å²) in [5, 5.41) is 13.8. The maximum absolute atomic E-state index is 12.8. The summed E-state index contributed by atoms with van der Waals surface area (Å²) < 4.78 is 23.4. The van der Waals surface area contributed by atoms with Gasteiger partial charge in [-0.3, -0.25) is 13.8 Å². The van der Waals surface area contributed by atoms with Crippen LogP contribution in [0.2, 0.25) is 0 Å². The van der Waals surface area contributed by atoms with Crippen LogP contribution in [0.4, 0.5) is 0 Å². The third kappa shape index (κ3) is 38.3. The van der Waals surface area contributed by atoms with E-state index < -0.39 is 20.0 Å². The van der Waals surface area contributed by atoms with Crippen molar-refractivity contribution in [2.75, 3.05) is 40.9 Å². The Kier molecular flexibility index (Phi) is 34.7. The van der Waals surface area contributed by atoms with Crippen molar-refractivity contribution in [3.05, 3.63) is 60.8 Å². The minimum atomic E-state index is -4.30. The first-order chi connectivity index (χ1) is 25.5. The monoisotopic (exact) mass is 766 g/mol. The number of aliphatic hydroxyl groups is 1. The Balaban J connectivity index is 4.13. The van der Waals surface area contributed by atoms with Gasteiger partial charge in [0.1, 0.15) is 13.2 Å². The van der Waals surface area contributed by atoms with Gasteiger partial charge in [-0.25, -0.2) is 4.57 Å². The topological polar surface area (TPSA) is 105 Å². The molecule has 0 aliphatic carbocycles. The minimum Gasteiger partial charge on any atom is -0.391 e. The first-order valence-electron chi connectivity index (χ1n) is 21.2. The van der Waals surface area contributed by atoms with Gasteiger partial charge in [0.25, 0.3) is 0 Å². The predicted octanol–water partition coefficient (Wildman–Crippen LogP) is 11.5. The normalized spacial score (nSPS) is 15.1. The molecule has 0 aromatic rings. The summed E-state index contributed by atoms with van der Waals surface area (Å²) in [6, 6.07) is -0.762. The Morgan fingerprint density at radius 2 is 1.13 bits per heavy atom. The second-order valence-electron chi connectivity index (χ2n) is 15.3. The zero-order chi connectivity index (χ0) is 39.3. The van der Waals surface area contributed by atoms with Crippen LogP contribution < -0.4 is 5.32 Å². The van der Waals surface area contributed by atoms with E-state index in [1.165, 1.54) is 57.8 Å². The van der Waals surface area contributed by atoms with Crippen LogP contribution in [0.3, 0.4) is 0 Å². The van der Waals surface area contributed by atoms with Crippen LogP contribution in [0, 0.1) is 0 Å². The number of quaternary nitrogens is 1. The van der Waals surface area contributed by atoms with Crippen LogP contribution in [-0.4, -0.2) is 73.4 Å². The molecule has 0 radical (unpaired) electrons. The highest BCUT2D eigenvalue weighted by Crippen LogP contribution is 2.43. The number of nitrogens with one attached hydrogen (secondary N) is 1. The van der Waals surface area contributed by atoms with Crippen molar-refractivity contribution in [2.24, 2.45) is 0 Å². The molecule has 0 saturated carbocycles. The number of nitrogens with zero attached hydrogens (tertiary/aromatic N) is 1. The van der Waals surface area contributed by atoms with Crippen LogP contribution in [0.25, 0.3) is 0 Å². The molecule has 3 unspecified atom stereocenters. The number of allylic oxidation sites excluding steroid dienone is 10. The number of carbonyl (C=O) groups is 1. The second kappa shape index (κ2) is 35.9. The van der Waals surface area contributed by atoms with E-state index in [9.17, 15) is 19.4 Å². The van der Waals surface area contributed by atoms with Crippen molar-refractivity contribution in [1.29, 1.82) is 0 Å². The number of phosphoric ester groups is 1. The maximum atomic E-state index is 12.8. The molecule has 0 fully saturated rings. The lowest BCUT2D eigenvalue weighted by Gasteiger charge is -2.26. The lowest BCUT2D eigenvalue weighted by molar-refractivity contribution is -0.870. The average molecular weight is 766 g/mol. The van der Waals surface area contributed by atoms with E-state index >= 15 is 0 Å². The standard InChI is InChI=1S/C44H81N2O6P/c1-6-8-10-12-14-15-16-17-18-19-20-21-22-23-24-25-26-27-28-29-30-31-32-34-36-38-44(48)45-42(43(47)37-35-33-13-11-9-7-2)41-52-53(49,50)51-40-39-46(3,4)5/h8,10,14-15,17-18,20-21,23-24,42-43,47H,6-7,9,11-13,16,19,22,25-41H2,1-5H3,(H-,45,48,49,50)/p+1/b10-8-,15-14-,18-17-,21-20-,24-23-. The van der Waals surface area contributed by atoms with Gasteiger partial charge in [0.15, 0.2) is 0 Å². The number of aliphatic hydroxyl groups excluding tert-OH is 1. The number of unbranched alkanes of at least 4 members (excludes halogenated alkanes) is 14. The molecule has 3 atom stereocenters. The molecular weight excluding hydrogens is 683 g/mol. The molecule has 0 saturated heterocycles. The van der Waals surface area contributed by atoms with Crippen molar-refractivity contribution < 1.29 is 32.9 Å². The van der Waals surface area contributed by atoms with E-state index in [0.717, 1.165) is 77.0 Å². The Morgan fingerprint density at radius 3 is 1.66 bits per heavy atom. The quantitative estimate of drug-likeness (QED) is 0.0252. The molecule has 0 aliphatic heterocycles. The summed E-state index contributed by atoms with van der Waals surface area (Å²) in [4.78, 5) is 23.0. The van der Waals surface area contributed by atoms with Crippen molar-refractivity contribution in [3.63, 3.8) is 0 Å². The van der Waals surface area contributed by atoms with E-state index in [0.29, 0.717) is 23.9 Å². The third-order valence-electron chi connectivity index (χ3n) is 9.03. The predicted molar refractivity (Wildman–Crippen MR) is 226 cm³/mol. The fraction of sp³-hybridized carbons (Fsp3) is 0.750. The lowest BCUT2D eigenvalue weighted by atomic mass is 10.0. The molecule has 53 heavy (non-hydrogen) atoms. The number of likely N-dealkylation sites (N-methyl/N-ethyl adjacent to an activating group) is 1. The first-order valence-corrected chi connectivity index (χ1v) is 22.6. The van der Waals surface area contributed by atoms with Crippen molar-refractivity contribution >= 4 is 13.7 Å². The molecular formula is C44H82N2O6P+. The van der Waals surface area contributed by atoms with Gasteiger partial charge in [0.2, 0.25) is 5.91 Å². The molecule has 0 spiro atoms. The van der Waals surface area contributed by atoms with Crippen molar-refractivity contribution in [1.82, 2.24) is 5.32 Å². The van der Waals surface area contributed by atoms with E-state index in [4.69, 9.17) is 9.05 Å². The summed E-state index contributed by atoms with van der Waals surface area (Å²) in [6.45, 7) is 4.68. The third-order valence-corrected chi connectivity index (χ3v) is 10.0. The van der Waals surface area contributed by atoms with Crippen LogP contribution in [-0.2, 0) is 18.4 Å². The molecule has 0 bridgehead atoms. The number of amides is 1. The van der Waals surface area contributed by atoms with Crippen molar-refractivity contribution in [2.45, 2.75) is 174 Å². The molecule has 3 N–H and O–H groups in total. The van der Waals surface area contributed by atoms with Gasteiger partial charge >= 0.3 is 7.82 Å². The summed E-state index contributed by atoms with van der Waals surface area (Å²) in [5.41, 5.74) is 0. The average Bonchev–Trinajstić information content (AvgIpc) is 3.10. The fourth-order valence-corrected chi connectivity index (χ4v) is 6.39. The zero-order valence-electron chi connectivity index (χ0n) is 34.7. The Hall–Kier alpha value is -1.80. The number of rotatable bonds is 37. The fourth-order valence-electron chi connectivity index (χ4n) is 5.66. The maximum Gasteiger partial charge on any atom is 0.472 e. The van der Waals surface area contributed by atoms with E-state index in [-0.39, 0.29) is 19.1 Å². The molecule has 0 aromatic carbocycles. The summed E-state index contributed by atoms with van der Waals surface area (Å²) >= 11 is 0. The molecule has 0 aromatic heterocycles. The van der Waals surface area contributed by atoms with Crippen LogP contribution in [0.15, 0.2) is 60.8 Å². The largest absolute Gasteiger partial charge is 0.472 e. The SMILES string of the molecule is CC/C=C\C/C=C\C/C=C\C/C=C\C/C=C\CCCCCCCCCCCC(=O)NC(COP(=O)(O)OCC[N+](C)(C)C)C(O)CCCCCCCC. The number of phosphoric acid groups is 1. The van der Waals surface area contributed by atoms with Crippen LogP contribution in [0.5, 0.6) is 0 Å². The van der Waals surface area contributed by atoms with Crippen LogP contribution in [0.1, 0.15) is 162 Å². The zero-order valence-corrected chi connectivity index (χ0v) is 35.6. The van der Waals surface area contributed by atoms with E-state index in [1.807, 2.05) is 21.1 Å². The van der Waals surface area contributed by atoms with Gasteiger partial charge in [0, 0.05) is 6.42 Å². The van der Waals surface area contributed by atoms with E-state index in [1.54, 1.807) is 0 Å². The molecule has 8 nitrogen and oxygen atoms in total. The van der Waals surface area contributed by atoms with Crippen LogP contribution >= 0.6 is 7.82 Å². The summed E-state index contributed by atoms with van der Waals surface area (Å²) in [7, 11) is 1.60. The Morgan fingerprint density at radius 1 is 0.660 bits per heavy atom. The Labute approximate surface area is 326 Å². The number of hydrogen-bond acceptors (Lipinski definition) is 5. The highest BCUT2D eigenvalue weighted by molar-refractivity contribution is 7.47. The van der Waals surface area contributed by atoms with Gasteiger partial charge in [0.05, 0.1) is 39.9 Å². The highest BCUT2D eigenvalue weighted by atomic mass is 31.2. The first kappa shape index (κ1) is 51.2.